The molecule has 32 heavy (non-hydrogen) atoms. The molecule has 0 amide bonds. The van der Waals surface area contributed by atoms with Crippen LogP contribution in [0.15, 0.2) is 65.6 Å². The van der Waals surface area contributed by atoms with E-state index in [-0.39, 0.29) is 23.9 Å². The van der Waals surface area contributed by atoms with E-state index in [9.17, 15) is 13.6 Å². The Morgan fingerprint density at radius 3 is 2.59 bits per heavy atom. The number of hydrogen-bond donors (Lipinski definition) is 2. The third kappa shape index (κ3) is 5.09. The fourth-order valence-electron chi connectivity index (χ4n) is 2.96. The summed E-state index contributed by atoms with van der Waals surface area (Å²) in [7, 11) is 1.48. The van der Waals surface area contributed by atoms with Gasteiger partial charge in [-0.2, -0.15) is 13.8 Å². The number of halogens is 2. The van der Waals surface area contributed by atoms with Gasteiger partial charge in [0.25, 0.3) is 0 Å². The van der Waals surface area contributed by atoms with Crippen molar-refractivity contribution in [3.8, 4) is 17.4 Å². The van der Waals surface area contributed by atoms with Crippen LogP contribution in [0, 0.1) is 0 Å². The lowest BCUT2D eigenvalue weighted by atomic mass is 10.2. The normalized spacial score (nSPS) is 10.9. The highest BCUT2D eigenvalue weighted by Gasteiger charge is 2.10. The summed E-state index contributed by atoms with van der Waals surface area (Å²) in [6, 6.07) is 14.5. The molecule has 0 unspecified atom stereocenters. The molecule has 8 nitrogen and oxygen atoms in total. The number of ether oxygens (including phenoxy) is 3. The average molecular weight is 440 g/mol. The number of H-pyrrole nitrogens is 1. The maximum atomic E-state index is 12.2. The van der Waals surface area contributed by atoms with Crippen molar-refractivity contribution in [3.63, 3.8) is 0 Å². The largest absolute Gasteiger partial charge is 0.489 e. The monoisotopic (exact) mass is 440 g/mol. The molecule has 2 N–H and O–H groups in total. The first-order chi connectivity index (χ1) is 15.5. The van der Waals surface area contributed by atoms with Gasteiger partial charge in [-0.1, -0.05) is 0 Å². The summed E-state index contributed by atoms with van der Waals surface area (Å²) in [4.78, 5) is 22.7. The number of aromatic amines is 1. The molecular weight excluding hydrogens is 422 g/mol. The van der Waals surface area contributed by atoms with Gasteiger partial charge in [-0.15, -0.1) is 0 Å². The summed E-state index contributed by atoms with van der Waals surface area (Å²) >= 11 is 0. The molecular formula is C22H18F2N4O4. The summed E-state index contributed by atoms with van der Waals surface area (Å²) in [6.07, 6.45) is 1.57. The molecule has 0 aliphatic heterocycles. The predicted molar refractivity (Wildman–Crippen MR) is 114 cm³/mol. The van der Waals surface area contributed by atoms with Gasteiger partial charge in [-0.25, -0.2) is 4.98 Å². The van der Waals surface area contributed by atoms with Gasteiger partial charge in [-0.05, 0) is 48.5 Å². The van der Waals surface area contributed by atoms with Crippen molar-refractivity contribution < 1.29 is 23.0 Å². The first-order valence-corrected chi connectivity index (χ1v) is 9.48. The quantitative estimate of drug-likeness (QED) is 0.423. The Bertz CT molecular complexity index is 1280. The van der Waals surface area contributed by atoms with E-state index in [1.54, 1.807) is 36.5 Å². The van der Waals surface area contributed by atoms with E-state index in [1.807, 2.05) is 6.07 Å². The second kappa shape index (κ2) is 9.29. The molecule has 4 aromatic rings. The van der Waals surface area contributed by atoms with Gasteiger partial charge >= 0.3 is 6.61 Å². The Balaban J connectivity index is 1.44. The number of aromatic nitrogens is 3. The number of benzene rings is 2. The molecule has 0 spiro atoms. The minimum Gasteiger partial charge on any atom is -0.489 e. The molecule has 0 atom stereocenters. The maximum Gasteiger partial charge on any atom is 0.387 e. The smallest absolute Gasteiger partial charge is 0.387 e. The SMILES string of the molecule is COc1nc(Nc2ccc(OC(F)F)cc2)ncc1COc1ccc2[nH]c(=O)ccc2c1. The van der Waals surface area contributed by atoms with Crippen LogP contribution < -0.4 is 25.1 Å². The highest BCUT2D eigenvalue weighted by Crippen LogP contribution is 2.24. The summed E-state index contributed by atoms with van der Waals surface area (Å²) in [5.41, 5.74) is 1.77. The Morgan fingerprint density at radius 2 is 1.84 bits per heavy atom. The summed E-state index contributed by atoms with van der Waals surface area (Å²) in [5.74, 6) is 1.25. The third-order valence-corrected chi connectivity index (χ3v) is 4.44. The number of rotatable bonds is 8. The van der Waals surface area contributed by atoms with Crippen LogP contribution in [0.4, 0.5) is 20.4 Å². The minimum absolute atomic E-state index is 0.0524. The lowest BCUT2D eigenvalue weighted by Crippen LogP contribution is -2.05. The maximum absolute atomic E-state index is 12.2. The van der Waals surface area contributed by atoms with Gasteiger partial charge < -0.3 is 24.5 Å². The summed E-state index contributed by atoms with van der Waals surface area (Å²) in [6.45, 7) is -2.72. The van der Waals surface area contributed by atoms with E-state index in [0.717, 1.165) is 10.9 Å². The highest BCUT2D eigenvalue weighted by atomic mass is 19.3. The van der Waals surface area contributed by atoms with Gasteiger partial charge in [0.2, 0.25) is 17.4 Å². The number of fused-ring (bicyclic) bond motifs is 1. The standard InChI is InChI=1S/C22H18F2N4O4/c1-30-20-14(12-31-17-7-8-18-13(10-17)2-9-19(29)27-18)11-25-22(28-20)26-15-3-5-16(6-4-15)32-21(23)24/h2-11,21H,12H2,1H3,(H,27,29)(H,25,26,28). The van der Waals surface area contributed by atoms with Crippen molar-refractivity contribution in [1.29, 1.82) is 0 Å². The van der Waals surface area contributed by atoms with Crippen LogP contribution in [0.1, 0.15) is 5.56 Å². The Labute approximate surface area is 180 Å². The topological polar surface area (TPSA) is 98.4 Å². The zero-order chi connectivity index (χ0) is 22.5. The first kappa shape index (κ1) is 21.0. The molecule has 0 radical (unpaired) electrons. The minimum atomic E-state index is -2.88. The van der Waals surface area contributed by atoms with Crippen LogP contribution >= 0.6 is 0 Å². The molecule has 164 valence electrons. The fourth-order valence-corrected chi connectivity index (χ4v) is 2.96. The van der Waals surface area contributed by atoms with Gasteiger partial charge in [-0.3, -0.25) is 4.79 Å². The van der Waals surface area contributed by atoms with Crippen LogP contribution in [0.5, 0.6) is 17.4 Å². The van der Waals surface area contributed by atoms with Crippen molar-refractivity contribution in [2.24, 2.45) is 0 Å². The van der Waals surface area contributed by atoms with E-state index in [4.69, 9.17) is 9.47 Å². The number of pyridine rings is 1. The molecule has 0 bridgehead atoms. The van der Waals surface area contributed by atoms with E-state index < -0.39 is 6.61 Å². The molecule has 10 heteroatoms. The first-order valence-electron chi connectivity index (χ1n) is 9.48. The van der Waals surface area contributed by atoms with Crippen LogP contribution in [-0.2, 0) is 6.61 Å². The van der Waals surface area contributed by atoms with E-state index in [2.05, 4.69) is 25.0 Å². The van der Waals surface area contributed by atoms with Crippen LogP contribution in [-0.4, -0.2) is 28.7 Å². The third-order valence-electron chi connectivity index (χ3n) is 4.44. The lowest BCUT2D eigenvalue weighted by molar-refractivity contribution is -0.0498. The molecule has 0 saturated heterocycles. The number of hydrogen-bond acceptors (Lipinski definition) is 7. The van der Waals surface area contributed by atoms with Crippen molar-refractivity contribution >= 4 is 22.5 Å². The highest BCUT2D eigenvalue weighted by molar-refractivity contribution is 5.79. The summed E-state index contributed by atoms with van der Waals surface area (Å²) in [5, 5.41) is 3.81. The number of methoxy groups -OCH3 is 1. The molecule has 0 aliphatic carbocycles. The van der Waals surface area contributed by atoms with Crippen molar-refractivity contribution in [2.45, 2.75) is 13.2 Å². The number of alkyl halides is 2. The second-order valence-electron chi connectivity index (χ2n) is 6.62. The second-order valence-corrected chi connectivity index (χ2v) is 6.62. The van der Waals surface area contributed by atoms with E-state index in [0.29, 0.717) is 22.9 Å². The molecule has 0 fully saturated rings. The molecule has 4 rings (SSSR count). The Hall–Kier alpha value is -4.21. The number of anilines is 2. The Morgan fingerprint density at radius 1 is 1.06 bits per heavy atom. The van der Waals surface area contributed by atoms with Gasteiger partial charge in [0.05, 0.1) is 12.7 Å². The van der Waals surface area contributed by atoms with Crippen molar-refractivity contribution in [2.75, 3.05) is 12.4 Å². The zero-order valence-corrected chi connectivity index (χ0v) is 16.8. The van der Waals surface area contributed by atoms with Gasteiger partial charge in [0.1, 0.15) is 18.1 Å². The average Bonchev–Trinajstić information content (AvgIpc) is 2.79. The van der Waals surface area contributed by atoms with Gasteiger partial charge in [0.15, 0.2) is 0 Å². The molecule has 0 saturated carbocycles. The van der Waals surface area contributed by atoms with Crippen molar-refractivity contribution in [1.82, 2.24) is 15.0 Å². The predicted octanol–water partition coefficient (Wildman–Crippen LogP) is 4.25. The lowest BCUT2D eigenvalue weighted by Gasteiger charge is -2.12. The summed E-state index contributed by atoms with van der Waals surface area (Å²) < 4.78 is 40.0. The van der Waals surface area contributed by atoms with Crippen LogP contribution in [0.3, 0.4) is 0 Å². The van der Waals surface area contributed by atoms with Crippen LogP contribution in [0.2, 0.25) is 0 Å². The number of nitrogens with one attached hydrogen (secondary N) is 2. The van der Waals surface area contributed by atoms with Crippen LogP contribution in [0.25, 0.3) is 10.9 Å². The molecule has 0 aliphatic rings. The Kier molecular flexibility index (Phi) is 6.11. The van der Waals surface area contributed by atoms with Gasteiger partial charge in [0, 0.05) is 28.9 Å². The molecule has 2 aromatic heterocycles. The zero-order valence-electron chi connectivity index (χ0n) is 16.8. The van der Waals surface area contributed by atoms with E-state index in [1.165, 1.54) is 25.3 Å². The van der Waals surface area contributed by atoms with Crippen molar-refractivity contribution in [3.05, 3.63) is 76.7 Å². The fraction of sp³-hybridized carbons (Fsp3) is 0.136. The molecule has 2 heterocycles. The number of nitrogens with zero attached hydrogens (tertiary/aromatic N) is 2. The molecule has 2 aromatic carbocycles. The van der Waals surface area contributed by atoms with E-state index >= 15 is 0 Å².